The number of esters is 1. The maximum Gasteiger partial charge on any atom is 0.356 e. The monoisotopic (exact) mass is 461 g/mol. The lowest BCUT2D eigenvalue weighted by Crippen LogP contribution is -2.29. The highest BCUT2D eigenvalue weighted by atomic mass is 35.5. The van der Waals surface area contributed by atoms with E-state index in [2.05, 4.69) is 17.6 Å². The third-order valence-electron chi connectivity index (χ3n) is 4.16. The van der Waals surface area contributed by atoms with Crippen LogP contribution in [0.25, 0.3) is 0 Å². The molecule has 2 rings (SSSR count). The molecule has 9 nitrogen and oxygen atoms in total. The van der Waals surface area contributed by atoms with Gasteiger partial charge in [-0.3, -0.25) is 14.9 Å². The Morgan fingerprint density at radius 3 is 2.47 bits per heavy atom. The van der Waals surface area contributed by atoms with Crippen LogP contribution in [0.1, 0.15) is 37.0 Å². The van der Waals surface area contributed by atoms with Crippen molar-refractivity contribution >= 4 is 34.9 Å². The Morgan fingerprint density at radius 1 is 1.16 bits per heavy atom. The number of nitro groups is 1. The van der Waals surface area contributed by atoms with Crippen LogP contribution in [-0.4, -0.2) is 30.0 Å². The van der Waals surface area contributed by atoms with Gasteiger partial charge in [-0.15, -0.1) is 0 Å². The average molecular weight is 462 g/mol. The van der Waals surface area contributed by atoms with Gasteiger partial charge in [0, 0.05) is 23.9 Å². The summed E-state index contributed by atoms with van der Waals surface area (Å²) >= 11 is 6.05. The molecule has 0 aliphatic carbocycles. The van der Waals surface area contributed by atoms with Gasteiger partial charge >= 0.3 is 5.97 Å². The summed E-state index contributed by atoms with van der Waals surface area (Å²) in [7, 11) is 0. The number of carbonyl (C=O) groups is 2. The van der Waals surface area contributed by atoms with Gasteiger partial charge in [-0.2, -0.15) is 0 Å². The lowest BCUT2D eigenvalue weighted by atomic mass is 10.2. The quantitative estimate of drug-likeness (QED) is 0.164. The summed E-state index contributed by atoms with van der Waals surface area (Å²) in [6.07, 6.45) is 3.16. The van der Waals surface area contributed by atoms with Crippen LogP contribution in [0.4, 0.5) is 11.4 Å². The van der Waals surface area contributed by atoms with Crippen molar-refractivity contribution in [3.05, 3.63) is 75.1 Å². The molecule has 0 saturated carbocycles. The van der Waals surface area contributed by atoms with E-state index in [0.29, 0.717) is 23.6 Å². The second-order valence-electron chi connectivity index (χ2n) is 6.52. The molecule has 2 aromatic carbocycles. The SMILES string of the molecule is CCCCOc1ccc(C(=O)NC(=CNc2ccc([N+](=O)[O-])cc2Cl)C(=O)OCC)cc1. The van der Waals surface area contributed by atoms with Gasteiger partial charge in [0.1, 0.15) is 11.4 Å². The first-order valence-corrected chi connectivity index (χ1v) is 10.4. The van der Waals surface area contributed by atoms with Crippen molar-refractivity contribution in [2.24, 2.45) is 0 Å². The third kappa shape index (κ3) is 7.28. The number of halogens is 1. The maximum absolute atomic E-state index is 12.6. The number of hydrogen-bond acceptors (Lipinski definition) is 7. The van der Waals surface area contributed by atoms with E-state index in [1.54, 1.807) is 31.2 Å². The van der Waals surface area contributed by atoms with Crippen LogP contribution in [0.15, 0.2) is 54.4 Å². The summed E-state index contributed by atoms with van der Waals surface area (Å²) in [5.41, 5.74) is 0.290. The van der Waals surface area contributed by atoms with Gasteiger partial charge in [-0.1, -0.05) is 24.9 Å². The number of rotatable bonds is 11. The standard InChI is InChI=1S/C22H24ClN3O6/c1-3-5-12-32-17-9-6-15(7-10-17)21(27)25-20(22(28)31-4-2)14-24-19-11-8-16(26(29)30)13-18(19)23/h6-11,13-14,24H,3-5,12H2,1-2H3,(H,25,27). The summed E-state index contributed by atoms with van der Waals surface area (Å²) in [5, 5.41) is 16.2. The van der Waals surface area contributed by atoms with Crippen LogP contribution >= 0.6 is 11.6 Å². The maximum atomic E-state index is 12.6. The zero-order valence-electron chi connectivity index (χ0n) is 17.7. The van der Waals surface area contributed by atoms with Crippen LogP contribution in [0, 0.1) is 10.1 Å². The van der Waals surface area contributed by atoms with E-state index in [4.69, 9.17) is 21.1 Å². The third-order valence-corrected chi connectivity index (χ3v) is 4.47. The van der Waals surface area contributed by atoms with Crippen molar-refractivity contribution in [2.45, 2.75) is 26.7 Å². The van der Waals surface area contributed by atoms with Crippen molar-refractivity contribution in [3.8, 4) is 5.75 Å². The van der Waals surface area contributed by atoms with Crippen molar-refractivity contribution in [1.29, 1.82) is 0 Å². The second kappa shape index (κ2) is 12.3. The Bertz CT molecular complexity index is 992. The highest BCUT2D eigenvalue weighted by molar-refractivity contribution is 6.33. The molecule has 0 spiro atoms. The largest absolute Gasteiger partial charge is 0.494 e. The smallest absolute Gasteiger partial charge is 0.356 e. The van der Waals surface area contributed by atoms with Gasteiger partial charge < -0.3 is 20.1 Å². The topological polar surface area (TPSA) is 120 Å². The molecule has 0 saturated heterocycles. The number of amides is 1. The Balaban J connectivity index is 2.14. The molecule has 32 heavy (non-hydrogen) atoms. The molecular formula is C22H24ClN3O6. The lowest BCUT2D eigenvalue weighted by Gasteiger charge is -2.11. The number of ether oxygens (including phenoxy) is 2. The Kier molecular flexibility index (Phi) is 9.49. The van der Waals surface area contributed by atoms with Gasteiger partial charge in [0.15, 0.2) is 0 Å². The number of carbonyl (C=O) groups excluding carboxylic acids is 2. The van der Waals surface area contributed by atoms with Crippen LogP contribution in [0.2, 0.25) is 5.02 Å². The second-order valence-corrected chi connectivity index (χ2v) is 6.93. The fourth-order valence-corrected chi connectivity index (χ4v) is 2.70. The van der Waals surface area contributed by atoms with E-state index < -0.39 is 16.8 Å². The Labute approximate surface area is 190 Å². The van der Waals surface area contributed by atoms with Crippen molar-refractivity contribution in [2.75, 3.05) is 18.5 Å². The van der Waals surface area contributed by atoms with Gasteiger partial charge in [-0.25, -0.2) is 4.79 Å². The fourth-order valence-electron chi connectivity index (χ4n) is 2.47. The van der Waals surface area contributed by atoms with Gasteiger partial charge in [0.2, 0.25) is 0 Å². The molecule has 0 aliphatic rings. The summed E-state index contributed by atoms with van der Waals surface area (Å²) in [6.45, 7) is 4.40. The van der Waals surface area contributed by atoms with E-state index in [0.717, 1.165) is 12.8 Å². The number of anilines is 1. The minimum atomic E-state index is -0.758. The number of non-ortho nitro benzene ring substituents is 1. The minimum Gasteiger partial charge on any atom is -0.494 e. The van der Waals surface area contributed by atoms with Crippen molar-refractivity contribution in [1.82, 2.24) is 5.32 Å². The first-order chi connectivity index (χ1) is 15.3. The molecule has 2 N–H and O–H groups in total. The molecule has 0 fully saturated rings. The predicted molar refractivity (Wildman–Crippen MR) is 121 cm³/mol. The number of nitrogens with zero attached hydrogens (tertiary/aromatic N) is 1. The van der Waals surface area contributed by atoms with Gasteiger partial charge in [-0.05, 0) is 43.7 Å². The molecule has 2 aromatic rings. The van der Waals surface area contributed by atoms with E-state index in [9.17, 15) is 19.7 Å². The van der Waals surface area contributed by atoms with Crippen LogP contribution in [0.5, 0.6) is 5.75 Å². The molecular weight excluding hydrogens is 438 g/mol. The number of nitrogens with one attached hydrogen (secondary N) is 2. The summed E-state index contributed by atoms with van der Waals surface area (Å²) in [6, 6.07) is 10.3. The molecule has 0 heterocycles. The number of unbranched alkanes of at least 4 members (excludes halogenated alkanes) is 1. The molecule has 0 unspecified atom stereocenters. The van der Waals surface area contributed by atoms with E-state index in [-0.39, 0.29) is 23.0 Å². The number of hydrogen-bond donors (Lipinski definition) is 2. The number of benzene rings is 2. The number of nitro benzene ring substituents is 1. The summed E-state index contributed by atoms with van der Waals surface area (Å²) in [4.78, 5) is 35.1. The van der Waals surface area contributed by atoms with E-state index in [1.165, 1.54) is 24.4 Å². The van der Waals surface area contributed by atoms with E-state index >= 15 is 0 Å². The van der Waals surface area contributed by atoms with Gasteiger partial charge in [0.25, 0.3) is 11.6 Å². The molecule has 0 bridgehead atoms. The highest BCUT2D eigenvalue weighted by Gasteiger charge is 2.16. The van der Waals surface area contributed by atoms with Crippen LogP contribution in [-0.2, 0) is 9.53 Å². The van der Waals surface area contributed by atoms with E-state index in [1.807, 2.05) is 0 Å². The minimum absolute atomic E-state index is 0.0728. The van der Waals surface area contributed by atoms with Gasteiger partial charge in [0.05, 0.1) is 28.8 Å². The predicted octanol–water partition coefficient (Wildman–Crippen LogP) is 4.67. The lowest BCUT2D eigenvalue weighted by molar-refractivity contribution is -0.384. The fraction of sp³-hybridized carbons (Fsp3) is 0.273. The first-order valence-electron chi connectivity index (χ1n) is 9.97. The molecule has 10 heteroatoms. The average Bonchev–Trinajstić information content (AvgIpc) is 2.77. The van der Waals surface area contributed by atoms with Crippen molar-refractivity contribution < 1.29 is 24.0 Å². The molecule has 0 aliphatic heterocycles. The first kappa shape index (κ1) is 24.7. The normalized spacial score (nSPS) is 10.9. The summed E-state index contributed by atoms with van der Waals surface area (Å²) < 4.78 is 10.6. The zero-order valence-corrected chi connectivity index (χ0v) is 18.5. The van der Waals surface area contributed by atoms with Crippen LogP contribution < -0.4 is 15.4 Å². The highest BCUT2D eigenvalue weighted by Crippen LogP contribution is 2.26. The molecule has 1 amide bonds. The Hall–Kier alpha value is -3.59. The van der Waals surface area contributed by atoms with Crippen molar-refractivity contribution in [3.63, 3.8) is 0 Å². The molecule has 0 radical (unpaired) electrons. The van der Waals surface area contributed by atoms with Crippen LogP contribution in [0.3, 0.4) is 0 Å². The summed E-state index contributed by atoms with van der Waals surface area (Å²) in [5.74, 6) is -0.641. The zero-order chi connectivity index (χ0) is 23.5. The molecule has 170 valence electrons. The molecule has 0 aromatic heterocycles. The molecule has 0 atom stereocenters. The Morgan fingerprint density at radius 2 is 1.88 bits per heavy atom.